The molecule has 0 aliphatic carbocycles. The third-order valence-electron chi connectivity index (χ3n) is 1.87. The second-order valence-electron chi connectivity index (χ2n) is 3.11. The molecule has 5 nitrogen and oxygen atoms in total. The van der Waals surface area contributed by atoms with Crippen LogP contribution in [0.5, 0.6) is 0 Å². The summed E-state index contributed by atoms with van der Waals surface area (Å²) < 4.78 is 13.4. The number of benzene rings is 1. The molecule has 0 fully saturated rings. The number of amides is 3. The molecule has 0 aliphatic heterocycles. The van der Waals surface area contributed by atoms with Gasteiger partial charge in [-0.25, -0.2) is 9.18 Å². The average molecular weight is 304 g/mol. The Morgan fingerprint density at radius 3 is 2.71 bits per heavy atom. The Bertz CT molecular complexity index is 440. The first-order valence-corrected chi connectivity index (χ1v) is 5.52. The van der Waals surface area contributed by atoms with Crippen LogP contribution in [0.1, 0.15) is 0 Å². The van der Waals surface area contributed by atoms with Crippen molar-refractivity contribution in [1.29, 1.82) is 0 Å². The number of hydrogen-bond donors (Lipinski definition) is 3. The molecule has 3 amide bonds. The SMILES string of the molecule is CNC(=O)CNC(=O)Nc1ccc(Br)c(F)c1. The summed E-state index contributed by atoms with van der Waals surface area (Å²) in [4.78, 5) is 22.1. The fourth-order valence-electron chi connectivity index (χ4n) is 0.998. The number of anilines is 1. The molecule has 92 valence electrons. The molecular weight excluding hydrogens is 293 g/mol. The highest BCUT2D eigenvalue weighted by Gasteiger charge is 2.05. The van der Waals surface area contributed by atoms with Crippen LogP contribution in [0.2, 0.25) is 0 Å². The van der Waals surface area contributed by atoms with E-state index in [1.807, 2.05) is 0 Å². The van der Waals surface area contributed by atoms with Crippen LogP contribution in [0.15, 0.2) is 22.7 Å². The van der Waals surface area contributed by atoms with E-state index in [9.17, 15) is 14.0 Å². The fourth-order valence-corrected chi connectivity index (χ4v) is 1.24. The highest BCUT2D eigenvalue weighted by molar-refractivity contribution is 9.10. The van der Waals surface area contributed by atoms with Gasteiger partial charge in [-0.05, 0) is 34.1 Å². The Hall–Kier alpha value is -1.63. The van der Waals surface area contributed by atoms with Gasteiger partial charge in [0.2, 0.25) is 5.91 Å². The van der Waals surface area contributed by atoms with Gasteiger partial charge in [0.05, 0.1) is 11.0 Å². The molecule has 0 aromatic heterocycles. The van der Waals surface area contributed by atoms with Crippen LogP contribution in [0, 0.1) is 5.82 Å². The Morgan fingerprint density at radius 1 is 1.41 bits per heavy atom. The second kappa shape index (κ2) is 6.19. The fraction of sp³-hybridized carbons (Fsp3) is 0.200. The molecule has 1 aromatic carbocycles. The lowest BCUT2D eigenvalue weighted by Crippen LogP contribution is -2.37. The van der Waals surface area contributed by atoms with Crippen LogP contribution in [0.3, 0.4) is 0 Å². The van der Waals surface area contributed by atoms with E-state index in [1.54, 1.807) is 0 Å². The quantitative estimate of drug-likeness (QED) is 0.791. The van der Waals surface area contributed by atoms with Crippen molar-refractivity contribution in [2.75, 3.05) is 18.9 Å². The highest BCUT2D eigenvalue weighted by Crippen LogP contribution is 2.18. The predicted molar refractivity (Wildman–Crippen MR) is 65.2 cm³/mol. The van der Waals surface area contributed by atoms with Crippen LogP contribution >= 0.6 is 15.9 Å². The maximum Gasteiger partial charge on any atom is 0.319 e. The maximum atomic E-state index is 13.1. The van der Waals surface area contributed by atoms with Gasteiger partial charge in [0, 0.05) is 12.7 Å². The summed E-state index contributed by atoms with van der Waals surface area (Å²) in [5, 5.41) is 7.07. The summed E-state index contributed by atoms with van der Waals surface area (Å²) in [7, 11) is 1.46. The summed E-state index contributed by atoms with van der Waals surface area (Å²) in [6.07, 6.45) is 0. The minimum absolute atomic E-state index is 0.138. The molecule has 1 aromatic rings. The van der Waals surface area contributed by atoms with Crippen LogP contribution in [-0.2, 0) is 4.79 Å². The van der Waals surface area contributed by atoms with Gasteiger partial charge < -0.3 is 16.0 Å². The van der Waals surface area contributed by atoms with Crippen molar-refractivity contribution in [3.63, 3.8) is 0 Å². The Kier molecular flexibility index (Phi) is 4.89. The van der Waals surface area contributed by atoms with E-state index < -0.39 is 11.8 Å². The molecule has 3 N–H and O–H groups in total. The van der Waals surface area contributed by atoms with Gasteiger partial charge in [-0.1, -0.05) is 0 Å². The van der Waals surface area contributed by atoms with Gasteiger partial charge in [-0.15, -0.1) is 0 Å². The summed E-state index contributed by atoms with van der Waals surface area (Å²) in [5.41, 5.74) is 0.306. The first kappa shape index (κ1) is 13.4. The molecule has 1 rings (SSSR count). The number of carbonyl (C=O) groups excluding carboxylic acids is 2. The lowest BCUT2D eigenvalue weighted by atomic mass is 10.3. The molecule has 0 bridgehead atoms. The van der Waals surface area contributed by atoms with E-state index in [1.165, 1.54) is 25.2 Å². The van der Waals surface area contributed by atoms with Gasteiger partial charge in [0.15, 0.2) is 0 Å². The number of hydrogen-bond acceptors (Lipinski definition) is 2. The number of carbonyl (C=O) groups is 2. The Labute approximate surface area is 106 Å². The van der Waals surface area contributed by atoms with E-state index in [2.05, 4.69) is 31.9 Å². The smallest absolute Gasteiger partial charge is 0.319 e. The van der Waals surface area contributed by atoms with E-state index in [0.29, 0.717) is 10.2 Å². The zero-order valence-electron chi connectivity index (χ0n) is 9.01. The number of nitrogens with one attached hydrogen (secondary N) is 3. The normalized spacial score (nSPS) is 9.59. The van der Waals surface area contributed by atoms with Crippen LogP contribution in [0.25, 0.3) is 0 Å². The zero-order chi connectivity index (χ0) is 12.8. The highest BCUT2D eigenvalue weighted by atomic mass is 79.9. The molecule has 0 saturated carbocycles. The maximum absolute atomic E-state index is 13.1. The van der Waals surface area contributed by atoms with E-state index in [4.69, 9.17) is 0 Å². The van der Waals surface area contributed by atoms with Crippen LogP contribution in [-0.4, -0.2) is 25.5 Å². The Balaban J connectivity index is 2.50. The number of halogens is 2. The van der Waals surface area contributed by atoms with Crippen molar-refractivity contribution in [1.82, 2.24) is 10.6 Å². The van der Waals surface area contributed by atoms with Crippen molar-refractivity contribution in [3.05, 3.63) is 28.5 Å². The predicted octanol–water partition coefficient (Wildman–Crippen LogP) is 1.46. The molecule has 0 heterocycles. The summed E-state index contributed by atoms with van der Waals surface area (Å²) in [5.74, 6) is -0.795. The minimum Gasteiger partial charge on any atom is -0.358 e. The topological polar surface area (TPSA) is 70.2 Å². The molecular formula is C10H11BrFN3O2. The monoisotopic (exact) mass is 303 g/mol. The van der Waals surface area contributed by atoms with Crippen molar-refractivity contribution >= 4 is 33.6 Å². The molecule has 0 spiro atoms. The second-order valence-corrected chi connectivity index (χ2v) is 3.96. The number of urea groups is 1. The molecule has 0 atom stereocenters. The van der Waals surface area contributed by atoms with Gasteiger partial charge in [0.25, 0.3) is 0 Å². The third-order valence-corrected chi connectivity index (χ3v) is 2.51. The Morgan fingerprint density at radius 2 is 2.12 bits per heavy atom. The van der Waals surface area contributed by atoms with Gasteiger partial charge >= 0.3 is 6.03 Å². The largest absolute Gasteiger partial charge is 0.358 e. The molecule has 7 heteroatoms. The van der Waals surface area contributed by atoms with E-state index in [-0.39, 0.29) is 12.5 Å². The van der Waals surface area contributed by atoms with Crippen molar-refractivity contribution in [3.8, 4) is 0 Å². The summed E-state index contributed by atoms with van der Waals surface area (Å²) in [6, 6.07) is 3.61. The third kappa shape index (κ3) is 4.39. The molecule has 0 radical (unpaired) electrons. The molecule has 17 heavy (non-hydrogen) atoms. The molecule has 0 saturated heterocycles. The summed E-state index contributed by atoms with van der Waals surface area (Å²) in [6.45, 7) is -0.138. The van der Waals surface area contributed by atoms with Crippen molar-refractivity contribution < 1.29 is 14.0 Å². The standard InChI is InChI=1S/C10H11BrFN3O2/c1-13-9(16)5-14-10(17)15-6-2-3-7(11)8(12)4-6/h2-4H,5H2,1H3,(H,13,16)(H2,14,15,17). The van der Waals surface area contributed by atoms with E-state index >= 15 is 0 Å². The first-order chi connectivity index (χ1) is 8.02. The number of likely N-dealkylation sites (N-methyl/N-ethyl adjacent to an activating group) is 1. The minimum atomic E-state index is -0.574. The van der Waals surface area contributed by atoms with Gasteiger partial charge in [-0.3, -0.25) is 4.79 Å². The van der Waals surface area contributed by atoms with Crippen molar-refractivity contribution in [2.24, 2.45) is 0 Å². The lowest BCUT2D eigenvalue weighted by Gasteiger charge is -2.07. The van der Waals surface area contributed by atoms with Crippen LogP contribution < -0.4 is 16.0 Å². The van der Waals surface area contributed by atoms with Gasteiger partial charge in [-0.2, -0.15) is 0 Å². The van der Waals surface area contributed by atoms with Crippen LogP contribution in [0.4, 0.5) is 14.9 Å². The number of rotatable bonds is 3. The zero-order valence-corrected chi connectivity index (χ0v) is 10.6. The van der Waals surface area contributed by atoms with E-state index in [0.717, 1.165) is 0 Å². The lowest BCUT2D eigenvalue weighted by molar-refractivity contribution is -0.119. The first-order valence-electron chi connectivity index (χ1n) is 4.73. The van der Waals surface area contributed by atoms with Gasteiger partial charge in [0.1, 0.15) is 5.82 Å². The molecule has 0 aliphatic rings. The summed E-state index contributed by atoms with van der Waals surface area (Å²) >= 11 is 3.00. The van der Waals surface area contributed by atoms with Crippen molar-refractivity contribution in [2.45, 2.75) is 0 Å². The molecule has 0 unspecified atom stereocenters. The average Bonchev–Trinajstić information content (AvgIpc) is 2.31.